The van der Waals surface area contributed by atoms with Crippen LogP contribution in [-0.4, -0.2) is 40.2 Å². The minimum Gasteiger partial charge on any atom is -0.351 e. The third-order valence-corrected chi connectivity index (χ3v) is 9.22. The van der Waals surface area contributed by atoms with Crippen molar-refractivity contribution in [2.24, 2.45) is 0 Å². The van der Waals surface area contributed by atoms with Gasteiger partial charge in [0.1, 0.15) is 11.4 Å². The number of hydrogen-bond acceptors (Lipinski definition) is 10. The molecule has 46 heavy (non-hydrogen) atoms. The molecule has 0 heterocycles. The third kappa shape index (κ3) is 7.26. The van der Waals surface area contributed by atoms with Crippen LogP contribution in [0.25, 0.3) is 0 Å². The molecular formula is C32H24N4O8S2. The number of allylic oxidation sites excluding steroid dienone is 2. The molecule has 2 amide bonds. The summed E-state index contributed by atoms with van der Waals surface area (Å²) in [5, 5.41) is 5.64. The monoisotopic (exact) mass is 656 g/mol. The molecule has 4 aromatic rings. The molecule has 0 fully saturated rings. The second kappa shape index (κ2) is 13.0. The molecule has 0 unspecified atom stereocenters. The van der Waals surface area contributed by atoms with E-state index in [1.807, 2.05) is 9.44 Å². The average molecular weight is 657 g/mol. The topological polar surface area (TPSA) is 185 Å². The second-order valence-corrected chi connectivity index (χ2v) is 13.1. The Labute approximate surface area is 264 Å². The molecule has 232 valence electrons. The summed E-state index contributed by atoms with van der Waals surface area (Å²) in [7, 11) is -8.43. The summed E-state index contributed by atoms with van der Waals surface area (Å²) in [6, 6.07) is 25.9. The Morgan fingerprint density at radius 1 is 0.457 bits per heavy atom. The van der Waals surface area contributed by atoms with Gasteiger partial charge in [0, 0.05) is 22.5 Å². The van der Waals surface area contributed by atoms with Gasteiger partial charge in [-0.3, -0.25) is 19.2 Å². The molecule has 5 rings (SSSR count). The molecule has 12 nitrogen and oxygen atoms in total. The Morgan fingerprint density at radius 3 is 1.11 bits per heavy atom. The summed E-state index contributed by atoms with van der Waals surface area (Å²) >= 11 is 0. The quantitative estimate of drug-likeness (QED) is 0.185. The average Bonchev–Trinajstić information content (AvgIpc) is 3.05. The number of ketones is 2. The number of nitrogens with one attached hydrogen (secondary N) is 4. The molecule has 0 saturated heterocycles. The molecule has 0 saturated carbocycles. The lowest BCUT2D eigenvalue weighted by Gasteiger charge is -2.18. The molecule has 0 radical (unpaired) electrons. The highest BCUT2D eigenvalue weighted by atomic mass is 32.2. The number of benzene rings is 4. The van der Waals surface area contributed by atoms with Crippen LogP contribution in [0, 0.1) is 0 Å². The van der Waals surface area contributed by atoms with Crippen LogP contribution in [0.15, 0.2) is 143 Å². The lowest BCUT2D eigenvalue weighted by Crippen LogP contribution is -2.30. The van der Waals surface area contributed by atoms with Crippen LogP contribution in [0.2, 0.25) is 0 Å². The first-order valence-corrected chi connectivity index (χ1v) is 16.4. The molecule has 0 atom stereocenters. The molecule has 4 N–H and O–H groups in total. The zero-order valence-corrected chi connectivity index (χ0v) is 25.3. The maximum absolute atomic E-state index is 12.8. The van der Waals surface area contributed by atoms with Crippen LogP contribution in [0.5, 0.6) is 0 Å². The van der Waals surface area contributed by atoms with Crippen LogP contribution >= 0.6 is 0 Å². The predicted molar refractivity (Wildman–Crippen MR) is 168 cm³/mol. The van der Waals surface area contributed by atoms with E-state index in [2.05, 4.69) is 10.6 Å². The molecule has 0 aliphatic heterocycles. The fourth-order valence-electron chi connectivity index (χ4n) is 4.19. The largest absolute Gasteiger partial charge is 0.351 e. The van der Waals surface area contributed by atoms with Gasteiger partial charge in [-0.15, -0.1) is 0 Å². The zero-order valence-electron chi connectivity index (χ0n) is 23.6. The number of sulfonamides is 2. The van der Waals surface area contributed by atoms with Gasteiger partial charge in [-0.1, -0.05) is 36.4 Å². The van der Waals surface area contributed by atoms with Crippen molar-refractivity contribution in [2.45, 2.75) is 9.79 Å². The number of hydrogen-bond donors (Lipinski definition) is 4. The van der Waals surface area contributed by atoms with Gasteiger partial charge in [0.15, 0.2) is 0 Å². The summed E-state index contributed by atoms with van der Waals surface area (Å²) in [6.07, 6.45) is 2.14. The van der Waals surface area contributed by atoms with Gasteiger partial charge in [0.05, 0.1) is 9.79 Å². The van der Waals surface area contributed by atoms with Gasteiger partial charge in [0.25, 0.3) is 31.9 Å². The Balaban J connectivity index is 1.31. The van der Waals surface area contributed by atoms with E-state index in [1.54, 1.807) is 36.4 Å². The highest BCUT2D eigenvalue weighted by Crippen LogP contribution is 2.23. The SMILES string of the molecule is O=C1C=CC(=O)C(Nc2ccc(S(=O)(=O)NC(=O)c3ccccc3)cc2)=C1Nc1ccc(S(=O)(=O)NC(=O)c2ccccc2)cc1. The second-order valence-electron chi connectivity index (χ2n) is 9.71. The van der Waals surface area contributed by atoms with Crippen molar-refractivity contribution in [1.29, 1.82) is 0 Å². The van der Waals surface area contributed by atoms with Gasteiger partial charge >= 0.3 is 0 Å². The minimum absolute atomic E-state index is 0.146. The van der Waals surface area contributed by atoms with E-state index in [9.17, 15) is 36.0 Å². The van der Waals surface area contributed by atoms with E-state index in [1.165, 1.54) is 72.8 Å². The molecule has 0 bridgehead atoms. The maximum atomic E-state index is 12.8. The third-order valence-electron chi connectivity index (χ3n) is 6.52. The normalized spacial score (nSPS) is 13.2. The fourth-order valence-corrected chi connectivity index (χ4v) is 6.14. The highest BCUT2D eigenvalue weighted by Gasteiger charge is 2.25. The molecule has 14 heteroatoms. The Morgan fingerprint density at radius 2 is 0.783 bits per heavy atom. The van der Waals surface area contributed by atoms with Gasteiger partial charge in [0.2, 0.25) is 11.6 Å². The molecular weight excluding hydrogens is 633 g/mol. The summed E-state index contributed by atoms with van der Waals surface area (Å²) in [5.74, 6) is -2.72. The van der Waals surface area contributed by atoms with E-state index >= 15 is 0 Å². The van der Waals surface area contributed by atoms with Crippen LogP contribution in [0.1, 0.15) is 20.7 Å². The number of carbonyl (C=O) groups is 4. The number of anilines is 2. The van der Waals surface area contributed by atoms with E-state index in [0.717, 1.165) is 12.2 Å². The zero-order chi connectivity index (χ0) is 32.9. The maximum Gasteiger partial charge on any atom is 0.264 e. The Hall–Kier alpha value is -5.86. The van der Waals surface area contributed by atoms with E-state index in [4.69, 9.17) is 0 Å². The van der Waals surface area contributed by atoms with E-state index in [-0.39, 0.29) is 43.7 Å². The molecule has 0 aromatic heterocycles. The van der Waals surface area contributed by atoms with E-state index < -0.39 is 43.4 Å². The lowest BCUT2D eigenvalue weighted by atomic mass is 10.0. The summed E-state index contributed by atoms with van der Waals surface area (Å²) in [6.45, 7) is 0. The lowest BCUT2D eigenvalue weighted by molar-refractivity contribution is -0.115. The first-order valence-electron chi connectivity index (χ1n) is 13.4. The molecule has 1 aliphatic carbocycles. The summed E-state index contributed by atoms with van der Waals surface area (Å²) in [4.78, 5) is 49.8. The molecule has 1 aliphatic rings. The van der Waals surface area contributed by atoms with Crippen molar-refractivity contribution in [1.82, 2.24) is 9.44 Å². The van der Waals surface area contributed by atoms with Crippen molar-refractivity contribution in [3.8, 4) is 0 Å². The standard InChI is InChI=1S/C32H24N4O8S2/c37-27-19-20-28(38)30(34-24-13-17-26(18-14-24)46(43,44)36-32(40)22-9-5-2-6-10-22)29(27)33-23-11-15-25(16-12-23)45(41,42)35-31(39)21-7-3-1-4-8-21/h1-20,33-34H,(H,35,39)(H,36,40). The minimum atomic E-state index is -4.21. The number of rotatable bonds is 10. The van der Waals surface area contributed by atoms with Crippen molar-refractivity contribution < 1.29 is 36.0 Å². The van der Waals surface area contributed by atoms with Crippen LogP contribution in [0.3, 0.4) is 0 Å². The first kappa shape index (κ1) is 31.6. The van der Waals surface area contributed by atoms with Gasteiger partial charge in [-0.05, 0) is 84.9 Å². The number of carbonyl (C=O) groups excluding carboxylic acids is 4. The first-order chi connectivity index (χ1) is 21.9. The van der Waals surface area contributed by atoms with Crippen LogP contribution in [0.4, 0.5) is 11.4 Å². The number of amides is 2. The molecule has 4 aromatic carbocycles. The van der Waals surface area contributed by atoms with Crippen molar-refractivity contribution >= 4 is 54.8 Å². The highest BCUT2D eigenvalue weighted by molar-refractivity contribution is 7.90. The Kier molecular flexibility index (Phi) is 8.93. The van der Waals surface area contributed by atoms with Gasteiger partial charge in [-0.2, -0.15) is 0 Å². The summed E-state index contributed by atoms with van der Waals surface area (Å²) in [5.41, 5.74) is 0.552. The van der Waals surface area contributed by atoms with Crippen molar-refractivity contribution in [3.63, 3.8) is 0 Å². The van der Waals surface area contributed by atoms with E-state index in [0.29, 0.717) is 0 Å². The van der Waals surface area contributed by atoms with Crippen LogP contribution in [-0.2, 0) is 29.6 Å². The fraction of sp³-hybridized carbons (Fsp3) is 0. The smallest absolute Gasteiger partial charge is 0.264 e. The van der Waals surface area contributed by atoms with Crippen molar-refractivity contribution in [3.05, 3.63) is 144 Å². The molecule has 0 spiro atoms. The Bertz CT molecular complexity index is 1960. The predicted octanol–water partition coefficient (Wildman–Crippen LogP) is 3.37. The van der Waals surface area contributed by atoms with Crippen molar-refractivity contribution in [2.75, 3.05) is 10.6 Å². The van der Waals surface area contributed by atoms with Crippen LogP contribution < -0.4 is 20.1 Å². The van der Waals surface area contributed by atoms with Gasteiger partial charge < -0.3 is 10.6 Å². The summed E-state index contributed by atoms with van der Waals surface area (Å²) < 4.78 is 54.9. The van der Waals surface area contributed by atoms with Gasteiger partial charge in [-0.25, -0.2) is 26.3 Å².